The number of hydrogen-bond acceptors (Lipinski definition) is 4. The summed E-state index contributed by atoms with van der Waals surface area (Å²) >= 11 is 1.46. The molecule has 0 unspecified atom stereocenters. The van der Waals surface area contributed by atoms with Gasteiger partial charge in [-0.1, -0.05) is 12.1 Å². The molecule has 1 saturated heterocycles. The predicted molar refractivity (Wildman–Crippen MR) is 84.4 cm³/mol. The number of aromatic nitrogens is 1. The summed E-state index contributed by atoms with van der Waals surface area (Å²) in [6, 6.07) is 6.56. The Hall–Kier alpha value is -1.79. The first kappa shape index (κ1) is 15.1. The van der Waals surface area contributed by atoms with Crippen molar-refractivity contribution in [3.8, 4) is 0 Å². The summed E-state index contributed by atoms with van der Waals surface area (Å²) in [7, 11) is 0. The van der Waals surface area contributed by atoms with Crippen LogP contribution in [0.1, 0.15) is 33.9 Å². The summed E-state index contributed by atoms with van der Waals surface area (Å²) in [6.45, 7) is 1.40. The molecule has 1 aliphatic rings. The highest BCUT2D eigenvalue weighted by molar-refractivity contribution is 7.09. The van der Waals surface area contributed by atoms with E-state index in [9.17, 15) is 9.18 Å². The molecular weight excluding hydrogens is 301 g/mol. The van der Waals surface area contributed by atoms with Crippen molar-refractivity contribution in [1.29, 1.82) is 0 Å². The van der Waals surface area contributed by atoms with Crippen LogP contribution in [0, 0.1) is 5.82 Å². The van der Waals surface area contributed by atoms with Crippen molar-refractivity contribution in [2.45, 2.75) is 25.3 Å². The molecule has 0 spiro atoms. The van der Waals surface area contributed by atoms with Crippen LogP contribution in [0.5, 0.6) is 0 Å². The third-order valence-corrected chi connectivity index (χ3v) is 4.72. The van der Waals surface area contributed by atoms with Crippen molar-refractivity contribution in [1.82, 2.24) is 9.88 Å². The quantitative estimate of drug-likeness (QED) is 0.945. The minimum Gasteiger partial charge on any atom is -0.337 e. The zero-order valence-corrected chi connectivity index (χ0v) is 13.0. The van der Waals surface area contributed by atoms with E-state index in [0.717, 1.165) is 23.4 Å². The van der Waals surface area contributed by atoms with Gasteiger partial charge in [0.25, 0.3) is 5.91 Å². The lowest BCUT2D eigenvalue weighted by Gasteiger charge is -2.29. The lowest BCUT2D eigenvalue weighted by Crippen LogP contribution is -2.42. The van der Waals surface area contributed by atoms with Crippen LogP contribution in [0.4, 0.5) is 4.39 Å². The molecule has 1 aromatic heterocycles. The summed E-state index contributed by atoms with van der Waals surface area (Å²) in [4.78, 5) is 18.6. The Balaban J connectivity index is 1.65. The maximum absolute atomic E-state index is 12.9. The first-order valence-electron chi connectivity index (χ1n) is 7.35. The van der Waals surface area contributed by atoms with E-state index in [1.54, 1.807) is 17.5 Å². The van der Waals surface area contributed by atoms with Crippen molar-refractivity contribution in [2.75, 3.05) is 13.1 Å². The summed E-state index contributed by atoms with van der Waals surface area (Å²) in [5, 5.41) is 2.67. The van der Waals surface area contributed by atoms with Crippen molar-refractivity contribution in [3.05, 3.63) is 51.7 Å². The fourth-order valence-corrected chi connectivity index (χ4v) is 3.33. The number of rotatable bonds is 3. The SMILES string of the molecule is NC1CCN(C(=O)c2csc(Cc3ccc(F)cc3)n2)CC1. The number of halogens is 1. The molecule has 0 aliphatic carbocycles. The van der Waals surface area contributed by atoms with E-state index in [0.29, 0.717) is 25.2 Å². The number of amides is 1. The molecule has 2 aromatic rings. The highest BCUT2D eigenvalue weighted by atomic mass is 32.1. The predicted octanol–water partition coefficient (Wildman–Crippen LogP) is 2.44. The van der Waals surface area contributed by atoms with Gasteiger partial charge in [0.2, 0.25) is 0 Å². The van der Waals surface area contributed by atoms with Crippen LogP contribution < -0.4 is 5.73 Å². The molecule has 2 heterocycles. The third kappa shape index (κ3) is 3.51. The van der Waals surface area contributed by atoms with E-state index in [2.05, 4.69) is 4.98 Å². The molecule has 0 saturated carbocycles. The van der Waals surface area contributed by atoms with Gasteiger partial charge in [-0.15, -0.1) is 11.3 Å². The second-order valence-electron chi connectivity index (χ2n) is 5.56. The number of carbonyl (C=O) groups is 1. The fourth-order valence-electron chi connectivity index (χ4n) is 2.53. The molecule has 6 heteroatoms. The number of hydrogen-bond donors (Lipinski definition) is 1. The number of carbonyl (C=O) groups excluding carboxylic acids is 1. The van der Waals surface area contributed by atoms with Gasteiger partial charge in [0.15, 0.2) is 0 Å². The Morgan fingerprint density at radius 3 is 2.68 bits per heavy atom. The van der Waals surface area contributed by atoms with Crippen molar-refractivity contribution in [2.24, 2.45) is 5.73 Å². The van der Waals surface area contributed by atoms with Crippen LogP contribution >= 0.6 is 11.3 Å². The molecular formula is C16H18FN3OS. The van der Waals surface area contributed by atoms with Crippen LogP contribution in [0.3, 0.4) is 0 Å². The van der Waals surface area contributed by atoms with Gasteiger partial charge < -0.3 is 10.6 Å². The van der Waals surface area contributed by atoms with Crippen LogP contribution in [0.2, 0.25) is 0 Å². The first-order chi connectivity index (χ1) is 10.6. The summed E-state index contributed by atoms with van der Waals surface area (Å²) in [6.07, 6.45) is 2.31. The van der Waals surface area contributed by atoms with Gasteiger partial charge in [-0.25, -0.2) is 9.37 Å². The summed E-state index contributed by atoms with van der Waals surface area (Å²) in [5.41, 5.74) is 7.34. The van der Waals surface area contributed by atoms with Gasteiger partial charge in [0.1, 0.15) is 11.5 Å². The third-order valence-electron chi connectivity index (χ3n) is 3.87. The standard InChI is InChI=1S/C16H18FN3OS/c17-12-3-1-11(2-4-12)9-15-19-14(10-22-15)16(21)20-7-5-13(18)6-8-20/h1-4,10,13H,5-9,18H2. The van der Waals surface area contributed by atoms with Crippen LogP contribution in [0.25, 0.3) is 0 Å². The van der Waals surface area contributed by atoms with Crippen molar-refractivity contribution >= 4 is 17.2 Å². The first-order valence-corrected chi connectivity index (χ1v) is 8.23. The lowest BCUT2D eigenvalue weighted by atomic mass is 10.1. The number of nitrogens with zero attached hydrogens (tertiary/aromatic N) is 2. The largest absolute Gasteiger partial charge is 0.337 e. The van der Waals surface area contributed by atoms with Crippen LogP contribution in [-0.2, 0) is 6.42 Å². The number of benzene rings is 1. The molecule has 1 fully saturated rings. The molecule has 0 radical (unpaired) electrons. The molecule has 2 N–H and O–H groups in total. The van der Waals surface area contributed by atoms with E-state index >= 15 is 0 Å². The molecule has 1 aliphatic heterocycles. The van der Waals surface area contributed by atoms with Gasteiger partial charge in [-0.3, -0.25) is 4.79 Å². The van der Waals surface area contributed by atoms with Gasteiger partial charge in [0, 0.05) is 30.9 Å². The van der Waals surface area contributed by atoms with E-state index in [-0.39, 0.29) is 17.8 Å². The van der Waals surface area contributed by atoms with E-state index < -0.39 is 0 Å². The smallest absolute Gasteiger partial charge is 0.273 e. The normalized spacial score (nSPS) is 16.0. The van der Waals surface area contributed by atoms with Gasteiger partial charge >= 0.3 is 0 Å². The average Bonchev–Trinajstić information content (AvgIpc) is 2.98. The van der Waals surface area contributed by atoms with Gasteiger partial charge in [-0.2, -0.15) is 0 Å². The number of likely N-dealkylation sites (tertiary alicyclic amines) is 1. The second kappa shape index (κ2) is 6.54. The minimum absolute atomic E-state index is 0.0199. The Kier molecular flexibility index (Phi) is 4.49. The number of nitrogens with two attached hydrogens (primary N) is 1. The van der Waals surface area contributed by atoms with Crippen LogP contribution in [-0.4, -0.2) is 34.9 Å². The maximum Gasteiger partial charge on any atom is 0.273 e. The monoisotopic (exact) mass is 319 g/mol. The topological polar surface area (TPSA) is 59.2 Å². The molecule has 116 valence electrons. The second-order valence-corrected chi connectivity index (χ2v) is 6.50. The van der Waals surface area contributed by atoms with Crippen molar-refractivity contribution < 1.29 is 9.18 Å². The summed E-state index contributed by atoms with van der Waals surface area (Å²) in [5.74, 6) is -0.268. The molecule has 4 nitrogen and oxygen atoms in total. The summed E-state index contributed by atoms with van der Waals surface area (Å²) < 4.78 is 12.9. The maximum atomic E-state index is 12.9. The van der Waals surface area contributed by atoms with E-state index in [1.807, 2.05) is 4.90 Å². The minimum atomic E-state index is -0.248. The molecule has 0 atom stereocenters. The Labute approximate surface area is 132 Å². The van der Waals surface area contributed by atoms with Crippen LogP contribution in [0.15, 0.2) is 29.6 Å². The zero-order valence-electron chi connectivity index (χ0n) is 12.2. The lowest BCUT2D eigenvalue weighted by molar-refractivity contribution is 0.0709. The molecule has 0 bridgehead atoms. The molecule has 22 heavy (non-hydrogen) atoms. The van der Waals surface area contributed by atoms with Gasteiger partial charge in [0.05, 0.1) is 5.01 Å². The molecule has 3 rings (SSSR count). The zero-order chi connectivity index (χ0) is 15.5. The molecule has 1 amide bonds. The van der Waals surface area contributed by atoms with E-state index in [1.165, 1.54) is 23.5 Å². The average molecular weight is 319 g/mol. The Bertz CT molecular complexity index is 648. The number of piperidine rings is 1. The van der Waals surface area contributed by atoms with Crippen molar-refractivity contribution in [3.63, 3.8) is 0 Å². The van der Waals surface area contributed by atoms with Gasteiger partial charge in [-0.05, 0) is 30.5 Å². The highest BCUT2D eigenvalue weighted by Gasteiger charge is 2.23. The fraction of sp³-hybridized carbons (Fsp3) is 0.375. The Morgan fingerprint density at radius 1 is 1.32 bits per heavy atom. The number of thiazole rings is 1. The highest BCUT2D eigenvalue weighted by Crippen LogP contribution is 2.18. The molecule has 1 aromatic carbocycles. The Morgan fingerprint density at radius 2 is 2.00 bits per heavy atom. The van der Waals surface area contributed by atoms with E-state index in [4.69, 9.17) is 5.73 Å².